The van der Waals surface area contributed by atoms with Gasteiger partial charge < -0.3 is 58.0 Å². The number of hydrogen-bond acceptors (Lipinski definition) is 17. The zero-order valence-corrected chi connectivity index (χ0v) is 33.0. The second-order valence-electron chi connectivity index (χ2n) is 15.5. The Hall–Kier alpha value is -5.83. The number of benzene rings is 3. The number of carbonyl (C=O) groups is 5. The van der Waals surface area contributed by atoms with Crippen molar-refractivity contribution >= 4 is 29.6 Å². The van der Waals surface area contributed by atoms with Crippen LogP contribution in [-0.2, 0) is 38.1 Å². The normalized spacial score (nSPS) is 32.1. The maximum Gasteiger partial charge on any atom is 0.310 e. The summed E-state index contributed by atoms with van der Waals surface area (Å²) >= 11 is 0. The molecule has 6 aliphatic heterocycles. The molecule has 19 heteroatoms. The summed E-state index contributed by atoms with van der Waals surface area (Å²) in [5, 5.41) is 34.7. The number of carbonyl (C=O) groups excluding carboxylic acids is 5. The lowest BCUT2D eigenvalue weighted by molar-refractivity contribution is -0.364. The number of cyclic esters (lactones) is 1. The van der Waals surface area contributed by atoms with E-state index in [-0.39, 0.29) is 56.0 Å². The predicted octanol–water partition coefficient (Wildman–Crippen LogP) is 1.43. The highest BCUT2D eigenvalue weighted by molar-refractivity contribution is 6.23. The zero-order valence-electron chi connectivity index (χ0n) is 33.0. The van der Waals surface area contributed by atoms with Crippen LogP contribution in [-0.4, -0.2) is 127 Å². The van der Waals surface area contributed by atoms with E-state index in [0.717, 1.165) is 4.90 Å². The number of methoxy groups -OCH3 is 2. The summed E-state index contributed by atoms with van der Waals surface area (Å²) in [6.07, 6.45) is -6.49. The molecule has 6 heterocycles. The molecule has 4 fully saturated rings. The molecule has 3 aromatic carbocycles. The number of aromatic hydroxyl groups is 1. The van der Waals surface area contributed by atoms with Crippen molar-refractivity contribution in [2.75, 3.05) is 34.2 Å². The first-order valence-corrected chi connectivity index (χ1v) is 19.7. The number of amides is 4. The van der Waals surface area contributed by atoms with Gasteiger partial charge >= 0.3 is 5.97 Å². The number of esters is 1. The van der Waals surface area contributed by atoms with Gasteiger partial charge in [-0.1, -0.05) is 12.1 Å². The molecule has 1 aliphatic carbocycles. The summed E-state index contributed by atoms with van der Waals surface area (Å²) < 4.78 is 51.5. The van der Waals surface area contributed by atoms with Crippen molar-refractivity contribution in [3.05, 3.63) is 76.3 Å². The molecule has 4 N–H and O–H groups in total. The van der Waals surface area contributed by atoms with Crippen LogP contribution in [0.4, 0.5) is 0 Å². The number of piperidine rings is 1. The van der Waals surface area contributed by atoms with Gasteiger partial charge in [-0.25, -0.2) is 0 Å². The molecule has 3 aromatic rings. The van der Waals surface area contributed by atoms with Gasteiger partial charge in [0.25, 0.3) is 11.8 Å². The van der Waals surface area contributed by atoms with Crippen LogP contribution in [0.1, 0.15) is 69.2 Å². The van der Waals surface area contributed by atoms with Crippen LogP contribution in [0.2, 0.25) is 0 Å². The standard InChI is InChI=1S/C29H32O13.C13H10N2O4/c1-11-36-9-20-27(40-11)24(31)25(32)29(41-20)42-26-14-7-17-16(38-10-39-17)6-13(14)21(22-15(26)8-37-28(22)33)12-4-18(34-2)23(30)19(5-12)35-3;16-10-6-5-9(11(17)14-10)15-12(18)7-3-1-2-4-8(7)13(15)19/h4-7,11,15,20-22,24-27,29-32H,8-10H2,1-3H3;1-4,9H,5-6H2,(H,14,16,17)/t11-,15+,20-,21-,22+,24-,25-,26-,27-,29+;/m1./s1. The molecule has 11 atom stereocenters. The minimum absolute atomic E-state index is 0.0301. The summed E-state index contributed by atoms with van der Waals surface area (Å²) in [5.41, 5.74) is 2.62. The Morgan fingerprint density at radius 1 is 0.820 bits per heavy atom. The van der Waals surface area contributed by atoms with Gasteiger partial charge in [-0.2, -0.15) is 0 Å². The van der Waals surface area contributed by atoms with Gasteiger partial charge in [0, 0.05) is 18.3 Å². The number of nitrogens with zero attached hydrogens (tertiary/aromatic N) is 1. The smallest absolute Gasteiger partial charge is 0.310 e. The highest BCUT2D eigenvalue weighted by Gasteiger charge is 2.56. The van der Waals surface area contributed by atoms with Crippen LogP contribution < -0.4 is 24.3 Å². The number of phenols is 1. The SMILES string of the molecule is COc1cc([C@@H]2c3cc4c(cc3[C@@H](O[C@@H]3O[C@@H]5CO[C@@H](C)O[C@H]5[C@H](O)[C@H]3O)[C@H]3COC(=O)[C@H]23)OCO4)cc(OC)c1O.O=C1CCC(N2C(=O)c3ccccc3C2=O)C(=O)N1. The number of phenolic OH excluding ortho intramolecular Hbond substituents is 1. The maximum atomic E-state index is 13.4. The quantitative estimate of drug-likeness (QED) is 0.203. The zero-order chi connectivity index (χ0) is 42.9. The summed E-state index contributed by atoms with van der Waals surface area (Å²) in [5.74, 6) is -2.95. The third kappa shape index (κ3) is 6.90. The van der Waals surface area contributed by atoms with Crippen molar-refractivity contribution in [1.82, 2.24) is 10.2 Å². The van der Waals surface area contributed by atoms with Gasteiger partial charge in [-0.15, -0.1) is 0 Å². The minimum Gasteiger partial charge on any atom is -0.502 e. The predicted molar refractivity (Wildman–Crippen MR) is 201 cm³/mol. The first-order chi connectivity index (χ1) is 29.4. The summed E-state index contributed by atoms with van der Waals surface area (Å²) in [4.78, 5) is 61.5. The molecule has 10 rings (SSSR count). The molecule has 0 spiro atoms. The van der Waals surface area contributed by atoms with E-state index in [2.05, 4.69) is 5.32 Å². The van der Waals surface area contributed by atoms with Crippen LogP contribution in [0.3, 0.4) is 0 Å². The molecule has 4 saturated heterocycles. The molecule has 7 aliphatic rings. The van der Waals surface area contributed by atoms with E-state index in [1.54, 1.807) is 55.5 Å². The topological polar surface area (TPSA) is 244 Å². The van der Waals surface area contributed by atoms with Crippen LogP contribution in [0.25, 0.3) is 0 Å². The second-order valence-corrected chi connectivity index (χ2v) is 15.5. The maximum absolute atomic E-state index is 13.4. The minimum atomic E-state index is -1.44. The number of aliphatic hydroxyl groups excluding tert-OH is 2. The molecule has 19 nitrogen and oxygen atoms in total. The first kappa shape index (κ1) is 40.6. The van der Waals surface area contributed by atoms with Gasteiger partial charge in [0.15, 0.2) is 35.6 Å². The summed E-state index contributed by atoms with van der Waals surface area (Å²) in [7, 11) is 2.86. The molecule has 0 saturated carbocycles. The highest BCUT2D eigenvalue weighted by atomic mass is 16.8. The number of rotatable bonds is 6. The van der Waals surface area contributed by atoms with E-state index in [1.807, 2.05) is 0 Å². The monoisotopic (exact) mass is 846 g/mol. The van der Waals surface area contributed by atoms with E-state index < -0.39 is 90.6 Å². The highest BCUT2D eigenvalue weighted by Crippen LogP contribution is 2.57. The molecule has 322 valence electrons. The van der Waals surface area contributed by atoms with Gasteiger partial charge in [0.2, 0.25) is 24.4 Å². The van der Waals surface area contributed by atoms with Crippen molar-refractivity contribution in [3.63, 3.8) is 0 Å². The Balaban J connectivity index is 0.000000209. The van der Waals surface area contributed by atoms with E-state index in [4.69, 9.17) is 42.6 Å². The van der Waals surface area contributed by atoms with Gasteiger partial charge in [0.05, 0.1) is 50.6 Å². The van der Waals surface area contributed by atoms with Crippen molar-refractivity contribution in [1.29, 1.82) is 0 Å². The Morgan fingerprint density at radius 2 is 1.48 bits per heavy atom. The van der Waals surface area contributed by atoms with Gasteiger partial charge in [0.1, 0.15) is 30.5 Å². The number of fused-ring (bicyclic) bond motifs is 5. The Morgan fingerprint density at radius 3 is 2.11 bits per heavy atom. The molecular formula is C42H42N2O17. The Bertz CT molecular complexity index is 2240. The van der Waals surface area contributed by atoms with E-state index in [1.165, 1.54) is 14.2 Å². The molecule has 61 heavy (non-hydrogen) atoms. The van der Waals surface area contributed by atoms with Gasteiger partial charge in [-0.05, 0) is 66.4 Å². The number of nitrogens with one attached hydrogen (secondary N) is 1. The molecule has 0 bridgehead atoms. The van der Waals surface area contributed by atoms with Crippen molar-refractivity contribution in [2.24, 2.45) is 11.8 Å². The third-order valence-corrected chi connectivity index (χ3v) is 12.1. The Kier molecular flexibility index (Phi) is 10.6. The number of hydrogen-bond donors (Lipinski definition) is 4. The third-order valence-electron chi connectivity index (χ3n) is 12.1. The fraction of sp³-hybridized carbons (Fsp3) is 0.452. The molecule has 0 radical (unpaired) electrons. The summed E-state index contributed by atoms with van der Waals surface area (Å²) in [6.45, 7) is 1.93. The molecule has 0 aromatic heterocycles. The molecule has 1 unspecified atom stereocenters. The van der Waals surface area contributed by atoms with Crippen LogP contribution in [0.15, 0.2) is 48.5 Å². The molecular weight excluding hydrogens is 804 g/mol. The van der Waals surface area contributed by atoms with Crippen LogP contribution in [0, 0.1) is 11.8 Å². The number of imide groups is 2. The lowest BCUT2D eigenvalue weighted by Crippen LogP contribution is -2.63. The lowest BCUT2D eigenvalue weighted by Gasteiger charge is -2.47. The van der Waals surface area contributed by atoms with Crippen LogP contribution >= 0.6 is 0 Å². The number of ether oxygens (including phenoxy) is 9. The average Bonchev–Trinajstić information content (AvgIpc) is 3.95. The number of aliphatic hydroxyl groups is 2. The first-order valence-electron chi connectivity index (χ1n) is 19.7. The van der Waals surface area contributed by atoms with E-state index >= 15 is 0 Å². The van der Waals surface area contributed by atoms with E-state index in [9.17, 15) is 39.3 Å². The van der Waals surface area contributed by atoms with Crippen molar-refractivity contribution in [3.8, 4) is 28.7 Å². The summed E-state index contributed by atoms with van der Waals surface area (Å²) in [6, 6.07) is 12.5. The van der Waals surface area contributed by atoms with Crippen molar-refractivity contribution < 1.29 is 81.9 Å². The largest absolute Gasteiger partial charge is 0.502 e. The second kappa shape index (κ2) is 15.9. The van der Waals surface area contributed by atoms with Crippen molar-refractivity contribution in [2.45, 2.75) is 74.8 Å². The van der Waals surface area contributed by atoms with Gasteiger partial charge in [-0.3, -0.25) is 34.2 Å². The fourth-order valence-corrected chi connectivity index (χ4v) is 9.15. The van der Waals surface area contributed by atoms with E-state index in [0.29, 0.717) is 39.3 Å². The fourth-order valence-electron chi connectivity index (χ4n) is 9.15. The lowest BCUT2D eigenvalue weighted by atomic mass is 9.66. The average molecular weight is 847 g/mol. The van der Waals surface area contributed by atoms with Crippen LogP contribution in [0.5, 0.6) is 28.7 Å². The Labute approximate surface area is 347 Å². The molecule has 4 amide bonds.